The molecule has 0 aromatic carbocycles. The van der Waals surface area contributed by atoms with E-state index in [1.165, 1.54) is 67.2 Å². The van der Waals surface area contributed by atoms with Crippen LogP contribution in [0.2, 0.25) is 0 Å². The quantitative estimate of drug-likeness (QED) is 0.292. The van der Waals surface area contributed by atoms with Crippen LogP contribution in [0.4, 0.5) is 10.5 Å². The summed E-state index contributed by atoms with van der Waals surface area (Å²) in [6.07, 6.45) is 12.9. The van der Waals surface area contributed by atoms with Gasteiger partial charge < -0.3 is 29.8 Å². The minimum absolute atomic E-state index is 0.0476. The average Bonchev–Trinajstić information content (AvgIpc) is 3.40. The molecular weight excluding hydrogens is 540 g/mol. The molecular formula is C29H38N8O5. The maximum Gasteiger partial charge on any atom is 0.407 e. The summed E-state index contributed by atoms with van der Waals surface area (Å²) in [5.74, 6) is 0.360. The number of carbonyl (C=O) groups is 3. The number of hydrogen-bond acceptors (Lipinski definition) is 8. The van der Waals surface area contributed by atoms with Gasteiger partial charge in [-0.3, -0.25) is 14.4 Å². The van der Waals surface area contributed by atoms with Crippen LogP contribution in [0.15, 0.2) is 41.6 Å². The van der Waals surface area contributed by atoms with Crippen LogP contribution in [0.5, 0.6) is 0 Å². The summed E-state index contributed by atoms with van der Waals surface area (Å²) in [5.41, 5.74) is 1.89. The number of methoxy groups -OCH3 is 1. The Morgan fingerprint density at radius 2 is 2.00 bits per heavy atom. The number of likely N-dealkylation sites (N-methyl/N-ethyl adjacent to an activating group) is 1. The van der Waals surface area contributed by atoms with Crippen molar-refractivity contribution in [3.63, 3.8) is 0 Å². The normalized spacial score (nSPS) is 14.5. The van der Waals surface area contributed by atoms with Crippen LogP contribution >= 0.6 is 0 Å². The van der Waals surface area contributed by atoms with Crippen molar-refractivity contribution < 1.29 is 19.1 Å². The Labute approximate surface area is 243 Å². The Morgan fingerprint density at radius 1 is 1.21 bits per heavy atom. The highest BCUT2D eigenvalue weighted by molar-refractivity contribution is 5.96. The lowest BCUT2D eigenvalue weighted by atomic mass is 9.86. The van der Waals surface area contributed by atoms with Crippen LogP contribution in [0, 0.1) is 5.92 Å². The van der Waals surface area contributed by atoms with Crippen molar-refractivity contribution >= 4 is 34.8 Å². The standard InChI is InChI=1S/C29H38N8O5/c1-36(2)24(38)14-8-7-12-20(33-29(41)42-3)27(39)32-21-13-9-15-37(28(21)40)17-23-34-25-22(30-18-31-26(25)35-23)16-19-10-5-4-6-11-19/h8-9,13-15,18-20H,4-7,10-12,16-17H2,1-3H3,(H,32,39)(H,33,41)(H,30,31,34,35)/b14-8+/t20-/m0/s1. The smallest absolute Gasteiger partial charge is 0.407 e. The first kappa shape index (κ1) is 30.4. The summed E-state index contributed by atoms with van der Waals surface area (Å²) in [6.45, 7) is 0.135. The van der Waals surface area contributed by atoms with Crippen molar-refractivity contribution in [2.24, 2.45) is 5.92 Å². The van der Waals surface area contributed by atoms with E-state index < -0.39 is 23.6 Å². The predicted octanol–water partition coefficient (Wildman–Crippen LogP) is 2.77. The summed E-state index contributed by atoms with van der Waals surface area (Å²) < 4.78 is 6.08. The summed E-state index contributed by atoms with van der Waals surface area (Å²) in [6, 6.07) is 2.14. The summed E-state index contributed by atoms with van der Waals surface area (Å²) >= 11 is 0. The molecule has 224 valence electrons. The number of allylic oxidation sites excluding steroid dienone is 1. The van der Waals surface area contributed by atoms with E-state index in [0.29, 0.717) is 23.8 Å². The number of nitrogens with one attached hydrogen (secondary N) is 3. The molecule has 3 N–H and O–H groups in total. The van der Waals surface area contributed by atoms with Crippen molar-refractivity contribution in [1.29, 1.82) is 0 Å². The van der Waals surface area contributed by atoms with Crippen molar-refractivity contribution in [1.82, 2.24) is 34.7 Å². The fraction of sp³-hybridized carbons (Fsp3) is 0.483. The van der Waals surface area contributed by atoms with Crippen LogP contribution in [-0.4, -0.2) is 74.6 Å². The van der Waals surface area contributed by atoms with Crippen LogP contribution in [-0.2, 0) is 27.3 Å². The molecule has 0 aliphatic heterocycles. The van der Waals surface area contributed by atoms with Gasteiger partial charge in [-0.15, -0.1) is 0 Å². The zero-order valence-electron chi connectivity index (χ0n) is 24.3. The first-order valence-electron chi connectivity index (χ1n) is 14.2. The summed E-state index contributed by atoms with van der Waals surface area (Å²) in [5, 5.41) is 5.10. The van der Waals surface area contributed by atoms with Gasteiger partial charge in [-0.25, -0.2) is 19.7 Å². The number of H-pyrrole nitrogens is 1. The molecule has 1 atom stereocenters. The molecule has 3 amide bonds. The number of aromatic nitrogens is 5. The molecule has 13 nitrogen and oxygen atoms in total. The fourth-order valence-electron chi connectivity index (χ4n) is 5.02. The highest BCUT2D eigenvalue weighted by Crippen LogP contribution is 2.27. The highest BCUT2D eigenvalue weighted by atomic mass is 16.5. The first-order chi connectivity index (χ1) is 20.2. The second-order valence-corrected chi connectivity index (χ2v) is 10.7. The van der Waals surface area contributed by atoms with E-state index in [9.17, 15) is 19.2 Å². The minimum atomic E-state index is -0.999. The first-order valence-corrected chi connectivity index (χ1v) is 14.2. The zero-order valence-corrected chi connectivity index (χ0v) is 24.3. The molecule has 1 fully saturated rings. The molecule has 4 rings (SSSR count). The van der Waals surface area contributed by atoms with Gasteiger partial charge in [0.15, 0.2) is 5.65 Å². The van der Waals surface area contributed by atoms with Crippen LogP contribution < -0.4 is 16.2 Å². The predicted molar refractivity (Wildman–Crippen MR) is 157 cm³/mol. The number of nitrogens with zero attached hydrogens (tertiary/aromatic N) is 5. The van der Waals surface area contributed by atoms with Crippen molar-refractivity contribution in [3.05, 3.63) is 58.7 Å². The van der Waals surface area contributed by atoms with Gasteiger partial charge in [0.25, 0.3) is 5.56 Å². The van der Waals surface area contributed by atoms with Crippen LogP contribution in [0.1, 0.15) is 56.5 Å². The SMILES string of the molecule is COC(=O)N[C@@H](CC/C=C/C(=O)N(C)C)C(=O)Nc1cccn(Cc2nc3ncnc(CC4CCCCC4)c3[nH]2)c1=O. The lowest BCUT2D eigenvalue weighted by molar-refractivity contribution is -0.123. The third kappa shape index (κ3) is 8.02. The molecule has 42 heavy (non-hydrogen) atoms. The minimum Gasteiger partial charge on any atom is -0.453 e. The number of carbonyl (C=O) groups excluding carboxylic acids is 3. The Bertz CT molecular complexity index is 1490. The van der Waals surface area contributed by atoms with Gasteiger partial charge in [0.1, 0.15) is 29.4 Å². The molecule has 0 spiro atoms. The molecule has 1 saturated carbocycles. The number of pyridine rings is 1. The molecule has 0 saturated heterocycles. The Morgan fingerprint density at radius 3 is 2.74 bits per heavy atom. The molecule has 3 aromatic rings. The van der Waals surface area contributed by atoms with Crippen molar-refractivity contribution in [3.8, 4) is 0 Å². The number of fused-ring (bicyclic) bond motifs is 1. The van der Waals surface area contributed by atoms with E-state index in [1.54, 1.807) is 32.4 Å². The highest BCUT2D eigenvalue weighted by Gasteiger charge is 2.22. The van der Waals surface area contributed by atoms with Gasteiger partial charge in [0, 0.05) is 20.3 Å². The number of amides is 3. The monoisotopic (exact) mass is 578 g/mol. The summed E-state index contributed by atoms with van der Waals surface area (Å²) in [4.78, 5) is 68.1. The van der Waals surface area contributed by atoms with E-state index in [2.05, 4.69) is 35.3 Å². The maximum atomic E-state index is 13.3. The van der Waals surface area contributed by atoms with E-state index in [-0.39, 0.29) is 24.6 Å². The Balaban J connectivity index is 1.46. The second kappa shape index (κ2) is 14.4. The lowest BCUT2D eigenvalue weighted by Crippen LogP contribution is -2.44. The molecule has 3 heterocycles. The zero-order chi connectivity index (χ0) is 30.1. The Hall–Kier alpha value is -4.55. The van der Waals surface area contributed by atoms with E-state index in [1.807, 2.05) is 0 Å². The number of alkyl carbamates (subject to hydrolysis) is 1. The number of hydrogen-bond donors (Lipinski definition) is 3. The van der Waals surface area contributed by atoms with Gasteiger partial charge in [0.05, 0.1) is 19.3 Å². The van der Waals surface area contributed by atoms with Gasteiger partial charge in [-0.1, -0.05) is 38.2 Å². The number of aromatic amines is 1. The fourth-order valence-corrected chi connectivity index (χ4v) is 5.02. The van der Waals surface area contributed by atoms with E-state index >= 15 is 0 Å². The summed E-state index contributed by atoms with van der Waals surface area (Å²) in [7, 11) is 4.46. The lowest BCUT2D eigenvalue weighted by Gasteiger charge is -2.20. The second-order valence-electron chi connectivity index (χ2n) is 10.7. The van der Waals surface area contributed by atoms with Crippen LogP contribution in [0.3, 0.4) is 0 Å². The molecule has 0 bridgehead atoms. The van der Waals surface area contributed by atoms with Crippen molar-refractivity contribution in [2.45, 2.75) is 64.0 Å². The third-order valence-electron chi connectivity index (χ3n) is 7.34. The van der Waals surface area contributed by atoms with Crippen LogP contribution in [0.25, 0.3) is 11.2 Å². The molecule has 1 aliphatic carbocycles. The molecule has 0 unspecified atom stereocenters. The number of anilines is 1. The van der Waals surface area contributed by atoms with Gasteiger partial charge in [-0.2, -0.15) is 0 Å². The molecule has 3 aromatic heterocycles. The number of imidazole rings is 1. The van der Waals surface area contributed by atoms with Crippen molar-refractivity contribution in [2.75, 3.05) is 26.5 Å². The van der Waals surface area contributed by atoms with Gasteiger partial charge in [-0.05, 0) is 43.4 Å². The number of rotatable bonds is 11. The molecule has 1 aliphatic rings. The number of ether oxygens (including phenoxy) is 1. The Kier molecular flexibility index (Phi) is 10.4. The van der Waals surface area contributed by atoms with Gasteiger partial charge >= 0.3 is 6.09 Å². The third-order valence-corrected chi connectivity index (χ3v) is 7.34. The molecule has 13 heteroatoms. The van der Waals surface area contributed by atoms with E-state index in [0.717, 1.165) is 17.6 Å². The van der Waals surface area contributed by atoms with Gasteiger partial charge in [0.2, 0.25) is 11.8 Å². The largest absolute Gasteiger partial charge is 0.453 e. The average molecular weight is 579 g/mol. The topological polar surface area (TPSA) is 164 Å². The van der Waals surface area contributed by atoms with E-state index in [4.69, 9.17) is 0 Å². The molecule has 0 radical (unpaired) electrons. The maximum absolute atomic E-state index is 13.3.